The van der Waals surface area contributed by atoms with E-state index in [9.17, 15) is 39.3 Å². The average Bonchev–Trinajstić information content (AvgIpc) is 2.85. The molecule has 40 heavy (non-hydrogen) atoms. The van der Waals surface area contributed by atoms with Gasteiger partial charge in [0.1, 0.15) is 23.9 Å². The molecule has 4 unspecified atom stereocenters. The van der Waals surface area contributed by atoms with Gasteiger partial charge in [-0.15, -0.1) is 0 Å². The molecule has 0 fully saturated rings. The molecule has 222 valence electrons. The summed E-state index contributed by atoms with van der Waals surface area (Å²) < 4.78 is 0. The number of amides is 3. The first kappa shape index (κ1) is 33.6. The standard InChI is InChI=1S/C25H39N7O8/c1-13(2)10-19(24(39)40)32-23(38)18(12-20(34)35)31-22(37)17(11-14-5-7-15(33)8-6-14)30-21(36)16(26)4-3-9-29-25(27)28/h5-8,13,16-19,33H,3-4,9-12,26H2,1-2H3,(H,30,36)(H,31,37)(H,32,38)(H,34,35)(H,39,40)(H4,27,28,29). The topological polar surface area (TPSA) is 273 Å². The van der Waals surface area contributed by atoms with Gasteiger partial charge in [-0.2, -0.15) is 0 Å². The number of nitrogens with zero attached hydrogens (tertiary/aromatic N) is 1. The lowest BCUT2D eigenvalue weighted by atomic mass is 10.0. The molecule has 0 radical (unpaired) electrons. The number of carbonyl (C=O) groups is 5. The van der Waals surface area contributed by atoms with Crippen LogP contribution in [-0.2, 0) is 30.4 Å². The van der Waals surface area contributed by atoms with Gasteiger partial charge < -0.3 is 48.5 Å². The summed E-state index contributed by atoms with van der Waals surface area (Å²) in [5, 5.41) is 35.4. The highest BCUT2D eigenvalue weighted by Crippen LogP contribution is 2.12. The van der Waals surface area contributed by atoms with Gasteiger partial charge in [0, 0.05) is 13.0 Å². The van der Waals surface area contributed by atoms with Crippen molar-refractivity contribution in [1.29, 1.82) is 0 Å². The van der Waals surface area contributed by atoms with Gasteiger partial charge in [-0.05, 0) is 42.9 Å². The molecule has 1 rings (SSSR count). The van der Waals surface area contributed by atoms with Crippen molar-refractivity contribution < 1.29 is 39.3 Å². The molecule has 15 nitrogen and oxygen atoms in total. The second kappa shape index (κ2) is 16.5. The lowest BCUT2D eigenvalue weighted by molar-refractivity contribution is -0.144. The van der Waals surface area contributed by atoms with Crippen molar-refractivity contribution in [2.24, 2.45) is 28.1 Å². The van der Waals surface area contributed by atoms with Gasteiger partial charge in [0.2, 0.25) is 17.7 Å². The van der Waals surface area contributed by atoms with Crippen molar-refractivity contribution in [1.82, 2.24) is 16.0 Å². The number of carboxylic acid groups (broad SMARTS) is 2. The van der Waals surface area contributed by atoms with Gasteiger partial charge in [0.05, 0.1) is 12.5 Å². The molecule has 3 amide bonds. The Morgan fingerprint density at radius 3 is 1.95 bits per heavy atom. The van der Waals surface area contributed by atoms with Crippen LogP contribution in [0.1, 0.15) is 45.1 Å². The molecule has 1 aromatic carbocycles. The predicted molar refractivity (Wildman–Crippen MR) is 145 cm³/mol. The molecule has 4 atom stereocenters. The summed E-state index contributed by atoms with van der Waals surface area (Å²) in [6.07, 6.45) is -0.286. The minimum absolute atomic E-state index is 0.0239. The van der Waals surface area contributed by atoms with E-state index in [-0.39, 0.29) is 43.4 Å². The molecule has 0 aromatic heterocycles. The lowest BCUT2D eigenvalue weighted by Gasteiger charge is -2.25. The van der Waals surface area contributed by atoms with E-state index >= 15 is 0 Å². The van der Waals surface area contributed by atoms with Gasteiger partial charge in [0.25, 0.3) is 0 Å². The van der Waals surface area contributed by atoms with Crippen LogP contribution >= 0.6 is 0 Å². The minimum atomic E-state index is -1.63. The highest BCUT2D eigenvalue weighted by molar-refractivity contribution is 5.95. The Kier molecular flexibility index (Phi) is 13.9. The number of rotatable bonds is 17. The average molecular weight is 566 g/mol. The fourth-order valence-corrected chi connectivity index (χ4v) is 3.63. The molecular formula is C25H39N7O8. The summed E-state index contributed by atoms with van der Waals surface area (Å²) in [5.41, 5.74) is 17.0. The zero-order valence-corrected chi connectivity index (χ0v) is 22.5. The van der Waals surface area contributed by atoms with Gasteiger partial charge >= 0.3 is 11.9 Å². The van der Waals surface area contributed by atoms with Crippen LogP contribution in [0.3, 0.4) is 0 Å². The van der Waals surface area contributed by atoms with Crippen molar-refractivity contribution in [3.8, 4) is 5.75 Å². The fraction of sp³-hybridized carbons (Fsp3) is 0.520. The van der Waals surface area contributed by atoms with Crippen LogP contribution in [0.15, 0.2) is 29.3 Å². The van der Waals surface area contributed by atoms with Gasteiger partial charge in [-0.3, -0.25) is 24.2 Å². The van der Waals surface area contributed by atoms with Crippen molar-refractivity contribution >= 4 is 35.6 Å². The highest BCUT2D eigenvalue weighted by Gasteiger charge is 2.32. The third kappa shape index (κ3) is 12.9. The Balaban J connectivity index is 3.10. The Labute approximate surface area is 231 Å². The largest absolute Gasteiger partial charge is 0.508 e. The number of aliphatic imine (C=N–C) groups is 1. The number of phenolic OH excluding ortho intramolecular Hbond substituents is 1. The number of aliphatic carboxylic acids is 2. The minimum Gasteiger partial charge on any atom is -0.508 e. The Morgan fingerprint density at radius 1 is 0.875 bits per heavy atom. The molecule has 0 saturated carbocycles. The molecule has 0 aliphatic heterocycles. The molecule has 0 bridgehead atoms. The van der Waals surface area contributed by atoms with Crippen LogP contribution < -0.4 is 33.2 Å². The first-order valence-corrected chi connectivity index (χ1v) is 12.6. The molecule has 15 heteroatoms. The first-order chi connectivity index (χ1) is 18.7. The fourth-order valence-electron chi connectivity index (χ4n) is 3.63. The maximum absolute atomic E-state index is 13.3. The van der Waals surface area contributed by atoms with E-state index in [0.29, 0.717) is 12.0 Å². The maximum Gasteiger partial charge on any atom is 0.326 e. The second-order valence-corrected chi connectivity index (χ2v) is 9.68. The number of aromatic hydroxyl groups is 1. The van der Waals surface area contributed by atoms with Crippen molar-refractivity contribution in [3.05, 3.63) is 29.8 Å². The summed E-state index contributed by atoms with van der Waals surface area (Å²) in [7, 11) is 0. The lowest BCUT2D eigenvalue weighted by Crippen LogP contribution is -2.58. The van der Waals surface area contributed by atoms with Crippen LogP contribution in [0.4, 0.5) is 0 Å². The van der Waals surface area contributed by atoms with E-state index < -0.39 is 60.2 Å². The van der Waals surface area contributed by atoms with Crippen molar-refractivity contribution in [2.75, 3.05) is 6.54 Å². The smallest absolute Gasteiger partial charge is 0.326 e. The Hall–Kier alpha value is -4.40. The second-order valence-electron chi connectivity index (χ2n) is 9.68. The molecule has 12 N–H and O–H groups in total. The van der Waals surface area contributed by atoms with E-state index in [1.807, 2.05) is 0 Å². The monoisotopic (exact) mass is 565 g/mol. The van der Waals surface area contributed by atoms with E-state index in [2.05, 4.69) is 20.9 Å². The SMILES string of the molecule is CC(C)CC(NC(=O)C(CC(=O)O)NC(=O)C(Cc1ccc(O)cc1)NC(=O)C(N)CCCN=C(N)N)C(=O)O. The van der Waals surface area contributed by atoms with Crippen molar-refractivity contribution in [2.45, 2.75) is 70.1 Å². The van der Waals surface area contributed by atoms with E-state index in [1.54, 1.807) is 13.8 Å². The molecule has 0 spiro atoms. The first-order valence-electron chi connectivity index (χ1n) is 12.6. The maximum atomic E-state index is 13.3. The third-order valence-corrected chi connectivity index (χ3v) is 5.65. The summed E-state index contributed by atoms with van der Waals surface area (Å²) in [5.74, 6) is -5.55. The van der Waals surface area contributed by atoms with Crippen LogP contribution in [0.2, 0.25) is 0 Å². The summed E-state index contributed by atoms with van der Waals surface area (Å²) >= 11 is 0. The molecule has 0 aliphatic rings. The zero-order chi connectivity index (χ0) is 30.4. The molecule has 0 aliphatic carbocycles. The van der Waals surface area contributed by atoms with Crippen LogP contribution in [0, 0.1) is 5.92 Å². The van der Waals surface area contributed by atoms with E-state index in [0.717, 1.165) is 0 Å². The summed E-state index contributed by atoms with van der Waals surface area (Å²) in [6, 6.07) is 0.525. The third-order valence-electron chi connectivity index (χ3n) is 5.65. The van der Waals surface area contributed by atoms with Gasteiger partial charge in [-0.1, -0.05) is 26.0 Å². The number of phenols is 1. The van der Waals surface area contributed by atoms with Gasteiger partial charge in [0.15, 0.2) is 5.96 Å². The van der Waals surface area contributed by atoms with E-state index in [1.165, 1.54) is 24.3 Å². The zero-order valence-electron chi connectivity index (χ0n) is 22.5. The van der Waals surface area contributed by atoms with Crippen LogP contribution in [-0.4, -0.2) is 81.7 Å². The van der Waals surface area contributed by atoms with Crippen molar-refractivity contribution in [3.63, 3.8) is 0 Å². The number of hydrogen-bond donors (Lipinski definition) is 9. The quantitative estimate of drug-likeness (QED) is 0.0587. The number of nitrogens with two attached hydrogens (primary N) is 3. The Bertz CT molecular complexity index is 1060. The summed E-state index contributed by atoms with van der Waals surface area (Å²) in [4.78, 5) is 65.7. The predicted octanol–water partition coefficient (Wildman–Crippen LogP) is -1.62. The summed E-state index contributed by atoms with van der Waals surface area (Å²) in [6.45, 7) is 3.74. The number of carboxylic acids is 2. The van der Waals surface area contributed by atoms with E-state index in [4.69, 9.17) is 17.2 Å². The number of carbonyl (C=O) groups excluding carboxylic acids is 3. The normalized spacial score (nSPS) is 13.8. The van der Waals surface area contributed by atoms with Gasteiger partial charge in [-0.25, -0.2) is 4.79 Å². The number of nitrogens with one attached hydrogen (secondary N) is 3. The molecule has 0 saturated heterocycles. The number of guanidine groups is 1. The number of benzene rings is 1. The Morgan fingerprint density at radius 2 is 1.43 bits per heavy atom. The van der Waals surface area contributed by atoms with Crippen LogP contribution in [0.5, 0.6) is 5.75 Å². The highest BCUT2D eigenvalue weighted by atomic mass is 16.4. The molecule has 1 aromatic rings. The van der Waals surface area contributed by atoms with Crippen LogP contribution in [0.25, 0.3) is 0 Å². The number of hydrogen-bond acceptors (Lipinski definition) is 8. The molecule has 0 heterocycles. The molecular weight excluding hydrogens is 526 g/mol.